The molecule has 0 aromatic carbocycles. The molecule has 0 spiro atoms. The first-order chi connectivity index (χ1) is 8.15. The van der Waals surface area contributed by atoms with E-state index >= 15 is 0 Å². The molecule has 3 rings (SSSR count). The van der Waals surface area contributed by atoms with Crippen molar-refractivity contribution in [3.63, 3.8) is 0 Å². The van der Waals surface area contributed by atoms with Gasteiger partial charge in [0.25, 0.3) is 0 Å². The van der Waals surface area contributed by atoms with Crippen molar-refractivity contribution in [3.8, 4) is 0 Å². The average Bonchev–Trinajstić information content (AvgIpc) is 2.66. The number of rotatable bonds is 0. The molecule has 17 heavy (non-hydrogen) atoms. The van der Waals surface area contributed by atoms with Crippen LogP contribution in [0.3, 0.4) is 0 Å². The van der Waals surface area contributed by atoms with Gasteiger partial charge in [-0.25, -0.2) is 9.37 Å². The number of aromatic nitrogens is 2. The smallest absolute Gasteiger partial charge is 0.219 e. The zero-order valence-electron chi connectivity index (χ0n) is 9.48. The molecule has 0 saturated carbocycles. The number of nitrogens with zero attached hydrogens (tertiary/aromatic N) is 3. The zero-order valence-corrected chi connectivity index (χ0v) is 9.48. The van der Waals surface area contributed by atoms with Crippen LogP contribution in [0.25, 0.3) is 5.65 Å². The van der Waals surface area contributed by atoms with Gasteiger partial charge in [0.05, 0.1) is 17.9 Å². The lowest BCUT2D eigenvalue weighted by molar-refractivity contribution is -0.129. The van der Waals surface area contributed by atoms with Gasteiger partial charge < -0.3 is 4.90 Å². The molecule has 0 unspecified atom stereocenters. The molecule has 0 atom stereocenters. The third kappa shape index (κ3) is 1.58. The molecule has 1 aliphatic heterocycles. The van der Waals surface area contributed by atoms with E-state index in [1.54, 1.807) is 22.3 Å². The Hall–Kier alpha value is -1.91. The summed E-state index contributed by atoms with van der Waals surface area (Å²) in [6.45, 7) is 2.75. The summed E-state index contributed by atoms with van der Waals surface area (Å²) in [5.74, 6) is -0.250. The Morgan fingerprint density at radius 1 is 1.47 bits per heavy atom. The van der Waals surface area contributed by atoms with Crippen LogP contribution in [-0.4, -0.2) is 26.7 Å². The van der Waals surface area contributed by atoms with Crippen molar-refractivity contribution in [3.05, 3.63) is 35.5 Å². The summed E-state index contributed by atoms with van der Waals surface area (Å²) >= 11 is 0. The van der Waals surface area contributed by atoms with Gasteiger partial charge in [-0.15, -0.1) is 0 Å². The van der Waals surface area contributed by atoms with Crippen molar-refractivity contribution in [2.45, 2.75) is 19.9 Å². The van der Waals surface area contributed by atoms with Crippen LogP contribution in [-0.2, 0) is 17.8 Å². The highest BCUT2D eigenvalue weighted by Crippen LogP contribution is 2.20. The van der Waals surface area contributed by atoms with Crippen molar-refractivity contribution in [1.82, 2.24) is 14.3 Å². The number of fused-ring (bicyclic) bond motifs is 3. The summed E-state index contributed by atoms with van der Waals surface area (Å²) in [6.07, 6.45) is 2.16. The van der Waals surface area contributed by atoms with Crippen LogP contribution in [0.2, 0.25) is 0 Å². The maximum Gasteiger partial charge on any atom is 0.219 e. The van der Waals surface area contributed by atoms with E-state index in [1.165, 1.54) is 12.3 Å². The van der Waals surface area contributed by atoms with Gasteiger partial charge >= 0.3 is 0 Å². The van der Waals surface area contributed by atoms with E-state index < -0.39 is 0 Å². The zero-order chi connectivity index (χ0) is 12.0. The second kappa shape index (κ2) is 3.55. The number of imidazole rings is 1. The van der Waals surface area contributed by atoms with E-state index in [2.05, 4.69) is 4.98 Å². The number of carbonyl (C=O) groups excluding carboxylic acids is 1. The van der Waals surface area contributed by atoms with Gasteiger partial charge in [0.2, 0.25) is 5.91 Å². The van der Waals surface area contributed by atoms with Gasteiger partial charge in [0.1, 0.15) is 11.5 Å². The van der Waals surface area contributed by atoms with Crippen molar-refractivity contribution >= 4 is 11.6 Å². The van der Waals surface area contributed by atoms with E-state index in [-0.39, 0.29) is 11.7 Å². The van der Waals surface area contributed by atoms with E-state index in [0.29, 0.717) is 13.1 Å². The lowest BCUT2D eigenvalue weighted by Gasteiger charge is -2.25. The molecule has 0 fully saturated rings. The number of hydrogen-bond acceptors (Lipinski definition) is 2. The maximum atomic E-state index is 13.2. The summed E-state index contributed by atoms with van der Waals surface area (Å²) in [5.41, 5.74) is 2.62. The predicted octanol–water partition coefficient (Wildman–Crippen LogP) is 1.38. The van der Waals surface area contributed by atoms with Crippen LogP contribution >= 0.6 is 0 Å². The number of pyridine rings is 1. The Labute approximate surface area is 97.7 Å². The Kier molecular flexibility index (Phi) is 2.14. The summed E-state index contributed by atoms with van der Waals surface area (Å²) in [7, 11) is 0. The molecule has 1 aliphatic rings. The van der Waals surface area contributed by atoms with E-state index in [4.69, 9.17) is 0 Å². The van der Waals surface area contributed by atoms with Crippen LogP contribution in [0.5, 0.6) is 0 Å². The first kappa shape index (κ1) is 10.3. The first-order valence-electron chi connectivity index (χ1n) is 5.56. The molecule has 0 radical (unpaired) electrons. The third-order valence-electron chi connectivity index (χ3n) is 3.17. The molecule has 1 amide bonds. The molecule has 4 nitrogen and oxygen atoms in total. The Morgan fingerprint density at radius 3 is 3.06 bits per heavy atom. The monoisotopic (exact) mass is 233 g/mol. The van der Waals surface area contributed by atoms with Gasteiger partial charge in [-0.2, -0.15) is 0 Å². The largest absolute Gasteiger partial charge is 0.337 e. The molecular weight excluding hydrogens is 221 g/mol. The minimum atomic E-state index is -0.294. The Balaban J connectivity index is 2.13. The fourth-order valence-electron chi connectivity index (χ4n) is 2.25. The molecule has 2 aromatic rings. The molecule has 88 valence electrons. The van der Waals surface area contributed by atoms with Crippen LogP contribution in [0, 0.1) is 5.82 Å². The second-order valence-electron chi connectivity index (χ2n) is 4.27. The SMILES string of the molecule is CC(=O)N1CCc2nc3ccc(F)cn3c2C1. The number of halogens is 1. The molecule has 2 aromatic heterocycles. The van der Waals surface area contributed by atoms with Crippen molar-refractivity contribution in [1.29, 1.82) is 0 Å². The Bertz CT molecular complexity index is 605. The van der Waals surface area contributed by atoms with Crippen LogP contribution < -0.4 is 0 Å². The van der Waals surface area contributed by atoms with E-state index in [9.17, 15) is 9.18 Å². The number of carbonyl (C=O) groups is 1. The molecule has 0 aliphatic carbocycles. The first-order valence-corrected chi connectivity index (χ1v) is 5.56. The van der Waals surface area contributed by atoms with E-state index in [0.717, 1.165) is 23.5 Å². The van der Waals surface area contributed by atoms with Crippen molar-refractivity contribution in [2.24, 2.45) is 0 Å². The third-order valence-corrected chi connectivity index (χ3v) is 3.17. The maximum absolute atomic E-state index is 13.2. The second-order valence-corrected chi connectivity index (χ2v) is 4.27. The van der Waals surface area contributed by atoms with Gasteiger partial charge in [-0.1, -0.05) is 0 Å². The lowest BCUT2D eigenvalue weighted by atomic mass is 10.1. The average molecular weight is 233 g/mol. The summed E-state index contributed by atoms with van der Waals surface area (Å²) in [5, 5.41) is 0. The van der Waals surface area contributed by atoms with Crippen LogP contribution in [0.15, 0.2) is 18.3 Å². The van der Waals surface area contributed by atoms with Gasteiger partial charge in [-0.3, -0.25) is 9.20 Å². The Morgan fingerprint density at radius 2 is 2.29 bits per heavy atom. The van der Waals surface area contributed by atoms with Crippen LogP contribution in [0.1, 0.15) is 18.3 Å². The highest BCUT2D eigenvalue weighted by Gasteiger charge is 2.22. The molecular formula is C12H12FN3O. The minimum Gasteiger partial charge on any atom is -0.337 e. The van der Waals surface area contributed by atoms with Gasteiger partial charge in [-0.05, 0) is 12.1 Å². The van der Waals surface area contributed by atoms with Crippen molar-refractivity contribution in [2.75, 3.05) is 6.54 Å². The van der Waals surface area contributed by atoms with Gasteiger partial charge in [0.15, 0.2) is 0 Å². The number of amides is 1. The summed E-state index contributed by atoms with van der Waals surface area (Å²) in [6, 6.07) is 3.06. The highest BCUT2D eigenvalue weighted by molar-refractivity contribution is 5.73. The van der Waals surface area contributed by atoms with Gasteiger partial charge in [0, 0.05) is 26.1 Å². The minimum absolute atomic E-state index is 0.0435. The number of hydrogen-bond donors (Lipinski definition) is 0. The fourth-order valence-corrected chi connectivity index (χ4v) is 2.25. The fraction of sp³-hybridized carbons (Fsp3) is 0.333. The summed E-state index contributed by atoms with van der Waals surface area (Å²) in [4.78, 5) is 17.6. The molecule has 3 heterocycles. The topological polar surface area (TPSA) is 37.6 Å². The normalized spacial score (nSPS) is 15.1. The molecule has 0 bridgehead atoms. The lowest BCUT2D eigenvalue weighted by Crippen LogP contribution is -2.34. The van der Waals surface area contributed by atoms with E-state index in [1.807, 2.05) is 0 Å². The standard InChI is InChI=1S/C12H12FN3O/c1-8(17)15-5-4-10-11(7-15)16-6-9(13)2-3-12(16)14-10/h2-3,6H,4-5,7H2,1H3. The van der Waals surface area contributed by atoms with Crippen molar-refractivity contribution < 1.29 is 9.18 Å². The molecule has 0 saturated heterocycles. The summed E-state index contributed by atoms with van der Waals surface area (Å²) < 4.78 is 14.9. The quantitative estimate of drug-likeness (QED) is 0.689. The van der Waals surface area contributed by atoms with Crippen LogP contribution in [0.4, 0.5) is 4.39 Å². The molecule has 5 heteroatoms. The predicted molar refractivity (Wildman–Crippen MR) is 59.9 cm³/mol. The molecule has 0 N–H and O–H groups in total. The highest BCUT2D eigenvalue weighted by atomic mass is 19.1.